The van der Waals surface area contributed by atoms with Crippen LogP contribution in [-0.4, -0.2) is 19.9 Å². The van der Waals surface area contributed by atoms with Gasteiger partial charge in [0.15, 0.2) is 5.82 Å². The van der Waals surface area contributed by atoms with E-state index in [2.05, 4.69) is 10.1 Å². The van der Waals surface area contributed by atoms with E-state index in [9.17, 15) is 4.39 Å². The van der Waals surface area contributed by atoms with E-state index in [0.717, 1.165) is 6.20 Å². The van der Waals surface area contributed by atoms with Crippen LogP contribution in [0.4, 0.5) is 4.39 Å². The predicted octanol–water partition coefficient (Wildman–Crippen LogP) is 1.53. The molecule has 0 aliphatic carbocycles. The molecule has 0 aromatic carbocycles. The highest BCUT2D eigenvalue weighted by Gasteiger charge is 2.00. The molecule has 0 amide bonds. The molecule has 6 heteroatoms. The summed E-state index contributed by atoms with van der Waals surface area (Å²) in [5.74, 6) is -0.406. The maximum Gasteiger partial charge on any atom is 0.161 e. The van der Waals surface area contributed by atoms with Crippen molar-refractivity contribution in [3.63, 3.8) is 0 Å². The lowest BCUT2D eigenvalue weighted by Gasteiger charge is -1.99. The maximum absolute atomic E-state index is 12.5. The zero-order chi connectivity index (χ0) is 9.26. The second-order valence-electron chi connectivity index (χ2n) is 2.50. The summed E-state index contributed by atoms with van der Waals surface area (Å²) in [6.07, 6.45) is 5.07. The second kappa shape index (κ2) is 4.06. The molecule has 0 aliphatic rings. The first kappa shape index (κ1) is 10.5. The van der Waals surface area contributed by atoms with Gasteiger partial charge in [0.25, 0.3) is 0 Å². The highest BCUT2D eigenvalue weighted by Crippen LogP contribution is 2.12. The molecule has 74 valence electrons. The molecule has 0 bridgehead atoms. The molecule has 0 fully saturated rings. The Kier molecular flexibility index (Phi) is 3.03. The minimum atomic E-state index is -0.427. The number of aromatic hydroxyl groups is 1. The Balaban J connectivity index is 0.000000980. The van der Waals surface area contributed by atoms with Gasteiger partial charge in [0.1, 0.15) is 5.75 Å². The Hall–Kier alpha value is -1.62. The third-order valence-electron chi connectivity index (χ3n) is 1.53. The van der Waals surface area contributed by atoms with E-state index in [1.165, 1.54) is 29.3 Å². The summed E-state index contributed by atoms with van der Waals surface area (Å²) >= 11 is 0. The van der Waals surface area contributed by atoms with Crippen molar-refractivity contribution in [2.24, 2.45) is 0 Å². The Bertz CT molecular complexity index is 432. The van der Waals surface area contributed by atoms with Crippen molar-refractivity contribution in [2.75, 3.05) is 0 Å². The van der Waals surface area contributed by atoms with Crippen LogP contribution in [-0.2, 0) is 0 Å². The highest BCUT2D eigenvalue weighted by atomic mass is 35.5. The summed E-state index contributed by atoms with van der Waals surface area (Å²) in [6.45, 7) is 0. The van der Waals surface area contributed by atoms with Crippen LogP contribution in [0, 0.1) is 5.82 Å². The lowest BCUT2D eigenvalue weighted by molar-refractivity contribution is 0.472. The normalized spacial score (nSPS) is 9.50. The fraction of sp³-hybridized carbons (Fsp3) is 0. The number of hydrogen-bond acceptors (Lipinski definition) is 3. The molecule has 0 spiro atoms. The van der Waals surface area contributed by atoms with Crippen LogP contribution in [0.2, 0.25) is 0 Å². The maximum atomic E-state index is 12.5. The van der Waals surface area contributed by atoms with Gasteiger partial charge < -0.3 is 5.11 Å². The van der Waals surface area contributed by atoms with Gasteiger partial charge in [0, 0.05) is 6.07 Å². The molecule has 1 N–H and O–H groups in total. The van der Waals surface area contributed by atoms with Gasteiger partial charge in [-0.15, -0.1) is 12.4 Å². The summed E-state index contributed by atoms with van der Waals surface area (Å²) in [6, 6.07) is 1.44. The molecule has 2 rings (SSSR count). The highest BCUT2D eigenvalue weighted by molar-refractivity contribution is 5.85. The molecule has 0 unspecified atom stereocenters. The van der Waals surface area contributed by atoms with Crippen molar-refractivity contribution in [1.29, 1.82) is 0 Å². The molecule has 2 aromatic rings. The van der Waals surface area contributed by atoms with Gasteiger partial charge in [0.2, 0.25) is 0 Å². The van der Waals surface area contributed by atoms with Crippen molar-refractivity contribution in [3.8, 4) is 11.4 Å². The van der Waals surface area contributed by atoms with Crippen molar-refractivity contribution >= 4 is 12.4 Å². The van der Waals surface area contributed by atoms with Gasteiger partial charge in [-0.1, -0.05) is 0 Å². The molecule has 14 heavy (non-hydrogen) atoms. The van der Waals surface area contributed by atoms with Crippen LogP contribution >= 0.6 is 12.4 Å². The molecule has 4 nitrogen and oxygen atoms in total. The summed E-state index contributed by atoms with van der Waals surface area (Å²) in [5, 5.41) is 12.8. The van der Waals surface area contributed by atoms with Crippen LogP contribution in [0.5, 0.6) is 5.75 Å². The van der Waals surface area contributed by atoms with Crippen LogP contribution in [0.3, 0.4) is 0 Å². The summed E-state index contributed by atoms with van der Waals surface area (Å²) in [7, 11) is 0. The first-order valence-electron chi connectivity index (χ1n) is 3.60. The summed E-state index contributed by atoms with van der Waals surface area (Å²) in [5.41, 5.74) is 0.518. The van der Waals surface area contributed by atoms with E-state index in [1.807, 2.05) is 0 Å². The smallest absolute Gasteiger partial charge is 0.161 e. The fourth-order valence-corrected chi connectivity index (χ4v) is 0.983. The third-order valence-corrected chi connectivity index (χ3v) is 1.53. The number of nitrogens with zero attached hydrogens (tertiary/aromatic N) is 3. The van der Waals surface area contributed by atoms with E-state index in [0.29, 0.717) is 5.69 Å². The molecular weight excluding hydrogens is 209 g/mol. The summed E-state index contributed by atoms with van der Waals surface area (Å²) in [4.78, 5) is 3.74. The number of halogens is 2. The van der Waals surface area contributed by atoms with Crippen molar-refractivity contribution in [3.05, 3.63) is 36.7 Å². The SMILES string of the molecule is Cl.Oc1cncc(-n2cc(F)cn2)c1. The average Bonchev–Trinajstić information content (AvgIpc) is 2.52. The molecule has 0 atom stereocenters. The molecule has 0 saturated carbocycles. The largest absolute Gasteiger partial charge is 0.506 e. The van der Waals surface area contributed by atoms with Crippen LogP contribution in [0.1, 0.15) is 0 Å². The number of aromatic nitrogens is 3. The lowest BCUT2D eigenvalue weighted by Crippen LogP contribution is -1.94. The Morgan fingerprint density at radius 1 is 1.29 bits per heavy atom. The number of pyridine rings is 1. The second-order valence-corrected chi connectivity index (χ2v) is 2.50. The monoisotopic (exact) mass is 215 g/mol. The summed E-state index contributed by atoms with van der Waals surface area (Å²) < 4.78 is 13.8. The average molecular weight is 216 g/mol. The Morgan fingerprint density at radius 3 is 2.64 bits per heavy atom. The minimum absolute atomic E-state index is 0. The Labute approximate surface area is 85.4 Å². The van der Waals surface area contributed by atoms with E-state index in [4.69, 9.17) is 5.11 Å². The first-order valence-corrected chi connectivity index (χ1v) is 3.60. The topological polar surface area (TPSA) is 50.9 Å². The Morgan fingerprint density at radius 2 is 2.07 bits per heavy atom. The van der Waals surface area contributed by atoms with Crippen LogP contribution < -0.4 is 0 Å². The molecule has 0 saturated heterocycles. The van der Waals surface area contributed by atoms with Gasteiger partial charge in [-0.25, -0.2) is 9.07 Å². The van der Waals surface area contributed by atoms with E-state index in [-0.39, 0.29) is 18.2 Å². The lowest BCUT2D eigenvalue weighted by atomic mass is 10.4. The zero-order valence-corrected chi connectivity index (χ0v) is 7.78. The van der Waals surface area contributed by atoms with Crippen molar-refractivity contribution in [1.82, 2.24) is 14.8 Å². The zero-order valence-electron chi connectivity index (χ0n) is 6.96. The first-order chi connectivity index (χ1) is 6.25. The fourth-order valence-electron chi connectivity index (χ4n) is 0.983. The predicted molar refractivity (Wildman–Crippen MR) is 50.2 cm³/mol. The van der Waals surface area contributed by atoms with Gasteiger partial charge in [-0.05, 0) is 0 Å². The number of hydrogen-bond donors (Lipinski definition) is 1. The van der Waals surface area contributed by atoms with Crippen LogP contribution in [0.25, 0.3) is 5.69 Å². The minimum Gasteiger partial charge on any atom is -0.506 e. The van der Waals surface area contributed by atoms with Crippen molar-refractivity contribution < 1.29 is 9.50 Å². The molecule has 0 radical (unpaired) electrons. The van der Waals surface area contributed by atoms with Gasteiger partial charge in [-0.2, -0.15) is 5.10 Å². The molecule has 2 heterocycles. The standard InChI is InChI=1S/C8H6FN3O.ClH/c9-6-2-11-12(5-6)7-1-8(13)4-10-3-7;/h1-5,13H;1H. The van der Waals surface area contributed by atoms with Gasteiger partial charge >= 0.3 is 0 Å². The van der Waals surface area contributed by atoms with Gasteiger partial charge in [0.05, 0.1) is 30.5 Å². The molecule has 2 aromatic heterocycles. The van der Waals surface area contributed by atoms with Gasteiger partial charge in [-0.3, -0.25) is 4.98 Å². The number of rotatable bonds is 1. The quantitative estimate of drug-likeness (QED) is 0.785. The molecule has 0 aliphatic heterocycles. The third kappa shape index (κ3) is 2.00. The van der Waals surface area contributed by atoms with E-state index < -0.39 is 5.82 Å². The van der Waals surface area contributed by atoms with E-state index >= 15 is 0 Å². The van der Waals surface area contributed by atoms with Crippen molar-refractivity contribution in [2.45, 2.75) is 0 Å². The molecular formula is C8H7ClFN3O. The van der Waals surface area contributed by atoms with E-state index in [1.54, 1.807) is 0 Å². The van der Waals surface area contributed by atoms with Crippen LogP contribution in [0.15, 0.2) is 30.9 Å².